The summed E-state index contributed by atoms with van der Waals surface area (Å²) in [5, 5.41) is 4.34. The molecule has 4 heteroatoms. The minimum atomic E-state index is -0.229. The lowest BCUT2D eigenvalue weighted by atomic mass is 9.57. The number of nitrogens with one attached hydrogen (secondary N) is 1. The predicted octanol–water partition coefficient (Wildman–Crippen LogP) is 22.9. The first kappa shape index (κ1) is 59.2. The molecule has 0 bridgehead atoms. The zero-order valence-electron chi connectivity index (χ0n) is 56.2. The summed E-state index contributed by atoms with van der Waals surface area (Å²) >= 11 is 0. The Balaban J connectivity index is 1.02. The largest absolute Gasteiger partial charge is 0.354 e. The molecule has 0 fully saturated rings. The second kappa shape index (κ2) is 21.8. The molecule has 1 aliphatic heterocycles. The first-order chi connectivity index (χ1) is 44.1. The molecule has 1 N–H and O–H groups in total. The predicted molar refractivity (Wildman–Crippen MR) is 395 cm³/mol. The summed E-state index contributed by atoms with van der Waals surface area (Å²) in [6.07, 6.45) is 4.60. The van der Waals surface area contributed by atoms with Crippen molar-refractivity contribution in [3.05, 3.63) is 275 Å². The Labute approximate surface area is 548 Å². The van der Waals surface area contributed by atoms with Gasteiger partial charge < -0.3 is 15.1 Å². The van der Waals surface area contributed by atoms with E-state index in [1.807, 2.05) is 0 Å². The molecule has 92 heavy (non-hydrogen) atoms. The van der Waals surface area contributed by atoms with Gasteiger partial charge in [-0.05, 0) is 241 Å². The van der Waals surface area contributed by atoms with E-state index in [9.17, 15) is 0 Å². The number of fused-ring (bicyclic) bond motifs is 7. The third-order valence-electron chi connectivity index (χ3n) is 22.0. The van der Waals surface area contributed by atoms with E-state index in [1.165, 1.54) is 129 Å². The van der Waals surface area contributed by atoms with Crippen LogP contribution in [0.25, 0.3) is 55.6 Å². The maximum absolute atomic E-state index is 4.34. The highest BCUT2D eigenvalue weighted by Gasteiger charge is 2.43. The van der Waals surface area contributed by atoms with E-state index in [1.54, 1.807) is 0 Å². The molecule has 15 rings (SSSR count). The lowest BCUT2D eigenvalue weighted by Gasteiger charge is -2.44. The number of aryl methyl sites for hydroxylation is 3. The van der Waals surface area contributed by atoms with Crippen molar-refractivity contribution in [2.75, 3.05) is 15.1 Å². The van der Waals surface area contributed by atoms with Gasteiger partial charge in [0.05, 0.1) is 5.69 Å². The highest BCUT2D eigenvalue weighted by Crippen LogP contribution is 2.57. The van der Waals surface area contributed by atoms with Crippen LogP contribution in [-0.2, 0) is 27.1 Å². The van der Waals surface area contributed by atoms with E-state index in [0.717, 1.165) is 58.8 Å². The van der Waals surface area contributed by atoms with Crippen LogP contribution in [0.15, 0.2) is 224 Å². The minimum Gasteiger partial charge on any atom is -0.354 e. The van der Waals surface area contributed by atoms with Gasteiger partial charge >= 0.3 is 0 Å². The van der Waals surface area contributed by atoms with Gasteiger partial charge in [-0.15, -0.1) is 0 Å². The van der Waals surface area contributed by atoms with E-state index < -0.39 is 0 Å². The molecule has 4 aliphatic rings. The Hall–Kier alpha value is -9.12. The van der Waals surface area contributed by atoms with Crippen LogP contribution in [0.4, 0.5) is 45.5 Å². The fraction of sp³-hybridized carbons (Fsp3) is 0.250. The Morgan fingerprint density at radius 1 is 0.359 bits per heavy atom. The topological polar surface area (TPSA) is 18.5 Å². The fourth-order valence-electron chi connectivity index (χ4n) is 16.5. The van der Waals surface area contributed by atoms with E-state index in [2.05, 4.69) is 337 Å². The van der Waals surface area contributed by atoms with Gasteiger partial charge in [0, 0.05) is 56.4 Å². The molecule has 0 aromatic heterocycles. The average Bonchev–Trinajstić information content (AvgIpc) is 1.30. The number of hydrogen-bond donors (Lipinski definition) is 1. The lowest BCUT2D eigenvalue weighted by Crippen LogP contribution is -2.42. The molecule has 0 spiro atoms. The van der Waals surface area contributed by atoms with E-state index in [-0.39, 0.29) is 27.1 Å². The summed E-state index contributed by atoms with van der Waals surface area (Å²) in [5.41, 5.74) is 35.8. The molecule has 0 saturated heterocycles. The van der Waals surface area contributed by atoms with Crippen LogP contribution in [-0.4, -0.2) is 7.28 Å². The Morgan fingerprint density at radius 3 is 1.53 bits per heavy atom. The minimum absolute atomic E-state index is 0.0168. The van der Waals surface area contributed by atoms with Crippen molar-refractivity contribution >= 4 is 63.7 Å². The van der Waals surface area contributed by atoms with Gasteiger partial charge in [0.15, 0.2) is 7.28 Å². The summed E-state index contributed by atoms with van der Waals surface area (Å²) in [5.74, 6) is 0. The molecule has 11 aromatic rings. The smallest absolute Gasteiger partial charge is 0.197 e. The highest BCUT2D eigenvalue weighted by molar-refractivity contribution is 6.73. The SMILES string of the molecule is Cc1ccccc1-c1cc(-c2ccc3c(c2Nc2ccc4c(c2)C(C)(C)CCC4(C)C)-c2cccc(C)c2C3(C)C)c2c(c1)N(c1cc3c(cc1C)C(C)(C)CCC3(C)C)c1ccc(N(c3cccc(-c4ccccc4)c3)c3cccc(-c4ccccc4)c3)cc1[B]2. The summed E-state index contributed by atoms with van der Waals surface area (Å²) in [6.45, 7) is 31.4. The molecular formula is C88H85BN3. The van der Waals surface area contributed by atoms with E-state index in [0.29, 0.717) is 0 Å². The summed E-state index contributed by atoms with van der Waals surface area (Å²) in [4.78, 5) is 5.12. The first-order valence-electron chi connectivity index (χ1n) is 33.6. The Kier molecular flexibility index (Phi) is 14.0. The van der Waals surface area contributed by atoms with E-state index >= 15 is 0 Å². The number of rotatable bonds is 10. The summed E-state index contributed by atoms with van der Waals surface area (Å²) in [6, 6.07) is 85.3. The van der Waals surface area contributed by atoms with Gasteiger partial charge in [-0.1, -0.05) is 226 Å². The first-order valence-corrected chi connectivity index (χ1v) is 33.6. The van der Waals surface area contributed by atoms with Crippen LogP contribution in [0, 0.1) is 20.8 Å². The van der Waals surface area contributed by atoms with Crippen molar-refractivity contribution in [2.24, 2.45) is 0 Å². The fourth-order valence-corrected chi connectivity index (χ4v) is 16.5. The maximum Gasteiger partial charge on any atom is 0.197 e. The van der Waals surface area contributed by atoms with Gasteiger partial charge in [-0.3, -0.25) is 0 Å². The zero-order chi connectivity index (χ0) is 63.8. The number of hydrogen-bond acceptors (Lipinski definition) is 3. The number of anilines is 8. The number of benzene rings is 11. The molecule has 3 aliphatic carbocycles. The molecule has 0 saturated carbocycles. The molecule has 1 radical (unpaired) electrons. The second-order valence-corrected chi connectivity index (χ2v) is 30.3. The van der Waals surface area contributed by atoms with Crippen molar-refractivity contribution in [3.63, 3.8) is 0 Å². The van der Waals surface area contributed by atoms with Crippen LogP contribution in [0.1, 0.15) is 145 Å². The monoisotopic (exact) mass is 1190 g/mol. The lowest BCUT2D eigenvalue weighted by molar-refractivity contribution is 0.332. The quantitative estimate of drug-likeness (QED) is 0.138. The van der Waals surface area contributed by atoms with Gasteiger partial charge in [-0.25, -0.2) is 0 Å². The third kappa shape index (κ3) is 9.85. The normalized spacial score (nSPS) is 16.4. The zero-order valence-corrected chi connectivity index (χ0v) is 56.2. The summed E-state index contributed by atoms with van der Waals surface area (Å²) < 4.78 is 0. The Morgan fingerprint density at radius 2 is 0.891 bits per heavy atom. The maximum atomic E-state index is 4.34. The average molecular weight is 1200 g/mol. The molecule has 0 amide bonds. The van der Waals surface area contributed by atoms with Crippen molar-refractivity contribution in [1.29, 1.82) is 0 Å². The van der Waals surface area contributed by atoms with Gasteiger partial charge in [-0.2, -0.15) is 0 Å². The standard InChI is InChI=1S/C88H85BN3/c1-55-25-20-21-35-67(55)62-50-70(68-39-41-72-80(69-36-22-26-56(2)81(69)88(72,12)13)83(68)90-63-37-40-71-74(52-63)86(8,9)44-43-84(71,4)5)82-79(51-62)92(78-54-75-73(47-57(78)3)85(6,7)45-46-87(75,10)11)77-42-38-66(53-76(77)89-82)91(64-33-23-31-60(48-64)58-27-16-14-17-28-58)65-34-24-32-61(49-65)59-29-18-15-19-30-59/h14-42,47-54,90H,43-46H2,1-13H3. The highest BCUT2D eigenvalue weighted by atomic mass is 15.2. The molecular weight excluding hydrogens is 1110 g/mol. The summed E-state index contributed by atoms with van der Waals surface area (Å²) in [7, 11) is 2.53. The number of nitrogens with zero attached hydrogens (tertiary/aromatic N) is 2. The van der Waals surface area contributed by atoms with Crippen LogP contribution in [0.5, 0.6) is 0 Å². The van der Waals surface area contributed by atoms with E-state index in [4.69, 9.17) is 0 Å². The second-order valence-electron chi connectivity index (χ2n) is 30.3. The Bertz CT molecular complexity index is 4690. The van der Waals surface area contributed by atoms with Crippen molar-refractivity contribution in [1.82, 2.24) is 0 Å². The molecule has 0 unspecified atom stereocenters. The van der Waals surface area contributed by atoms with Crippen molar-refractivity contribution < 1.29 is 0 Å². The molecule has 0 atom stereocenters. The van der Waals surface area contributed by atoms with Crippen molar-refractivity contribution in [3.8, 4) is 55.6 Å². The van der Waals surface area contributed by atoms with Crippen molar-refractivity contribution in [2.45, 2.75) is 143 Å². The molecule has 11 aromatic carbocycles. The van der Waals surface area contributed by atoms with Crippen LogP contribution in [0.3, 0.4) is 0 Å². The third-order valence-corrected chi connectivity index (χ3v) is 22.0. The molecule has 455 valence electrons. The van der Waals surface area contributed by atoms with Crippen LogP contribution in [0.2, 0.25) is 0 Å². The van der Waals surface area contributed by atoms with Gasteiger partial charge in [0.2, 0.25) is 0 Å². The van der Waals surface area contributed by atoms with Gasteiger partial charge in [0.25, 0.3) is 0 Å². The molecule has 1 heterocycles. The van der Waals surface area contributed by atoms with Crippen LogP contribution >= 0.6 is 0 Å². The molecule has 3 nitrogen and oxygen atoms in total. The van der Waals surface area contributed by atoms with Crippen LogP contribution < -0.4 is 26.0 Å². The van der Waals surface area contributed by atoms with Gasteiger partial charge in [0.1, 0.15) is 0 Å².